The smallest absolute Gasteiger partial charge is 0.0462 e. The maximum atomic E-state index is 2.31. The van der Waals surface area contributed by atoms with Crippen molar-refractivity contribution in [1.82, 2.24) is 0 Å². The molecule has 1 aliphatic carbocycles. The molecule has 0 N–H and O–H groups in total. The van der Waals surface area contributed by atoms with Crippen molar-refractivity contribution in [1.29, 1.82) is 0 Å². The molecular weight excluding hydrogens is 422 g/mol. The van der Waals surface area contributed by atoms with Gasteiger partial charge < -0.3 is 4.90 Å². The highest BCUT2D eigenvalue weighted by Gasteiger charge is 2.15. The summed E-state index contributed by atoms with van der Waals surface area (Å²) in [5, 5.41) is 0. The van der Waals surface area contributed by atoms with E-state index in [0.29, 0.717) is 0 Å². The second-order valence-corrected chi connectivity index (χ2v) is 8.66. The van der Waals surface area contributed by atoms with Crippen molar-refractivity contribution < 1.29 is 0 Å². The van der Waals surface area contributed by atoms with Crippen LogP contribution in [0.2, 0.25) is 0 Å². The van der Waals surface area contributed by atoms with Gasteiger partial charge in [0.2, 0.25) is 0 Å². The summed E-state index contributed by atoms with van der Waals surface area (Å²) in [5.41, 5.74) is 10.8. The van der Waals surface area contributed by atoms with Gasteiger partial charge in [0.15, 0.2) is 0 Å². The highest BCUT2D eigenvalue weighted by Crippen LogP contribution is 2.37. The molecule has 0 unspecified atom stereocenters. The zero-order valence-electron chi connectivity index (χ0n) is 19.4. The van der Waals surface area contributed by atoms with Gasteiger partial charge in [-0.15, -0.1) is 0 Å². The van der Waals surface area contributed by atoms with E-state index >= 15 is 0 Å². The van der Waals surface area contributed by atoms with Gasteiger partial charge in [0.1, 0.15) is 0 Å². The van der Waals surface area contributed by atoms with Crippen LogP contribution in [0.4, 0.5) is 17.1 Å². The molecule has 5 aromatic carbocycles. The number of hydrogen-bond acceptors (Lipinski definition) is 1. The highest BCUT2D eigenvalue weighted by molar-refractivity contribution is 6.00. The Hall–Kier alpha value is -4.62. The summed E-state index contributed by atoms with van der Waals surface area (Å²) in [7, 11) is 0. The van der Waals surface area contributed by atoms with E-state index < -0.39 is 0 Å². The maximum Gasteiger partial charge on any atom is 0.0462 e. The normalized spacial score (nSPS) is 11.8. The van der Waals surface area contributed by atoms with Gasteiger partial charge in [-0.25, -0.2) is 0 Å². The molecule has 166 valence electrons. The Kier molecular flexibility index (Phi) is 5.58. The third kappa shape index (κ3) is 4.20. The molecule has 0 radical (unpaired) electrons. The molecule has 0 saturated carbocycles. The number of benzene rings is 5. The molecule has 1 nitrogen and oxygen atoms in total. The minimum absolute atomic E-state index is 1.13. The van der Waals surface area contributed by atoms with Crippen LogP contribution >= 0.6 is 0 Å². The second kappa shape index (κ2) is 9.32. The van der Waals surface area contributed by atoms with Crippen LogP contribution in [-0.2, 0) is 0 Å². The monoisotopic (exact) mass is 447 g/mol. The fourth-order valence-corrected chi connectivity index (χ4v) is 4.74. The lowest BCUT2D eigenvalue weighted by Gasteiger charge is -2.25. The average Bonchev–Trinajstić information content (AvgIpc) is 3.08. The Morgan fingerprint density at radius 1 is 0.400 bits per heavy atom. The van der Waals surface area contributed by atoms with Crippen LogP contribution in [0.5, 0.6) is 0 Å². The summed E-state index contributed by atoms with van der Waals surface area (Å²) in [4.78, 5) is 2.29. The average molecular weight is 448 g/mol. The first-order valence-corrected chi connectivity index (χ1v) is 12.0. The fraction of sp³-hybridized carbons (Fsp3) is 0. The van der Waals surface area contributed by atoms with Gasteiger partial charge in [0, 0.05) is 17.1 Å². The van der Waals surface area contributed by atoms with Crippen LogP contribution in [0.1, 0.15) is 27.8 Å². The Morgan fingerprint density at radius 3 is 1.34 bits per heavy atom. The summed E-state index contributed by atoms with van der Waals surface area (Å²) < 4.78 is 0. The van der Waals surface area contributed by atoms with Crippen molar-refractivity contribution in [2.24, 2.45) is 0 Å². The molecular formula is C34H25N. The standard InChI is InChI=1S/C34H25N/c1-3-13-29(14-4-1)35(30-15-5-2-6-16-30)31-23-19-26(20-24-31)25-34-32-17-9-7-11-27(32)21-22-28-12-8-10-18-33(28)34/h1-25H. The van der Waals surface area contributed by atoms with E-state index in [-0.39, 0.29) is 0 Å². The minimum atomic E-state index is 1.13. The summed E-state index contributed by atoms with van der Waals surface area (Å²) in [6, 6.07) is 47.1. The van der Waals surface area contributed by atoms with Gasteiger partial charge in [-0.1, -0.05) is 109 Å². The molecule has 6 rings (SSSR count). The molecule has 0 spiro atoms. The molecule has 35 heavy (non-hydrogen) atoms. The topological polar surface area (TPSA) is 3.24 Å². The SMILES string of the molecule is C1=Cc2ccccc2C(=Cc2ccc(N(c3ccccc3)c3ccccc3)cc2)c2ccccc21. The molecule has 1 heteroatoms. The predicted octanol–water partition coefficient (Wildman–Crippen LogP) is 9.23. The number of para-hydroxylation sites is 2. The van der Waals surface area contributed by atoms with E-state index in [1.165, 1.54) is 33.4 Å². The Bertz CT molecular complexity index is 1420. The zero-order valence-corrected chi connectivity index (χ0v) is 19.4. The van der Waals surface area contributed by atoms with Gasteiger partial charge in [0.05, 0.1) is 0 Å². The van der Waals surface area contributed by atoms with Crippen molar-refractivity contribution in [3.8, 4) is 0 Å². The van der Waals surface area contributed by atoms with Gasteiger partial charge >= 0.3 is 0 Å². The third-order valence-electron chi connectivity index (χ3n) is 6.44. The summed E-state index contributed by atoms with van der Waals surface area (Å²) >= 11 is 0. The van der Waals surface area contributed by atoms with Crippen molar-refractivity contribution in [2.45, 2.75) is 0 Å². The van der Waals surface area contributed by atoms with Crippen molar-refractivity contribution in [3.63, 3.8) is 0 Å². The first kappa shape index (κ1) is 20.9. The van der Waals surface area contributed by atoms with Crippen molar-refractivity contribution >= 4 is 40.9 Å². The second-order valence-electron chi connectivity index (χ2n) is 8.66. The van der Waals surface area contributed by atoms with Crippen LogP contribution in [0, 0.1) is 0 Å². The van der Waals surface area contributed by atoms with Gasteiger partial charge in [0.25, 0.3) is 0 Å². The van der Waals surface area contributed by atoms with Crippen LogP contribution in [0.25, 0.3) is 23.8 Å². The number of fused-ring (bicyclic) bond motifs is 2. The lowest BCUT2D eigenvalue weighted by atomic mass is 9.92. The first-order chi connectivity index (χ1) is 17.4. The Labute approximate surface area is 206 Å². The number of nitrogens with zero attached hydrogens (tertiary/aromatic N) is 1. The molecule has 0 saturated heterocycles. The first-order valence-electron chi connectivity index (χ1n) is 12.0. The number of anilines is 3. The maximum absolute atomic E-state index is 2.31. The van der Waals surface area contributed by atoms with Crippen molar-refractivity contribution in [3.05, 3.63) is 161 Å². The van der Waals surface area contributed by atoms with E-state index in [1.807, 2.05) is 0 Å². The summed E-state index contributed by atoms with van der Waals surface area (Å²) in [5.74, 6) is 0. The highest BCUT2D eigenvalue weighted by atomic mass is 15.1. The lowest BCUT2D eigenvalue weighted by molar-refractivity contribution is 1.28. The molecule has 0 aromatic heterocycles. The molecule has 0 fully saturated rings. The quantitative estimate of drug-likeness (QED) is 0.260. The van der Waals surface area contributed by atoms with Crippen LogP contribution < -0.4 is 4.90 Å². The molecule has 0 amide bonds. The Morgan fingerprint density at radius 2 is 0.829 bits per heavy atom. The van der Waals surface area contributed by atoms with Crippen LogP contribution in [0.3, 0.4) is 0 Å². The number of rotatable bonds is 4. The van der Waals surface area contributed by atoms with Crippen LogP contribution in [-0.4, -0.2) is 0 Å². The predicted molar refractivity (Wildman–Crippen MR) is 150 cm³/mol. The molecule has 5 aromatic rings. The largest absolute Gasteiger partial charge is 0.311 e. The summed E-state index contributed by atoms with van der Waals surface area (Å²) in [6.45, 7) is 0. The lowest BCUT2D eigenvalue weighted by Crippen LogP contribution is -2.09. The molecule has 0 aliphatic heterocycles. The van der Waals surface area contributed by atoms with Gasteiger partial charge in [-0.05, 0) is 75.9 Å². The molecule has 0 atom stereocenters. The summed E-state index contributed by atoms with van der Waals surface area (Å²) in [6.07, 6.45) is 6.75. The molecule has 0 heterocycles. The van der Waals surface area contributed by atoms with Crippen LogP contribution in [0.15, 0.2) is 133 Å². The Balaban J connectivity index is 1.43. The van der Waals surface area contributed by atoms with E-state index in [4.69, 9.17) is 0 Å². The third-order valence-corrected chi connectivity index (χ3v) is 6.44. The van der Waals surface area contributed by atoms with E-state index in [1.54, 1.807) is 0 Å². The van der Waals surface area contributed by atoms with E-state index in [9.17, 15) is 0 Å². The van der Waals surface area contributed by atoms with E-state index in [2.05, 4.69) is 157 Å². The number of hydrogen-bond donors (Lipinski definition) is 0. The minimum Gasteiger partial charge on any atom is -0.311 e. The van der Waals surface area contributed by atoms with Crippen molar-refractivity contribution in [2.75, 3.05) is 4.90 Å². The van der Waals surface area contributed by atoms with E-state index in [0.717, 1.165) is 17.1 Å². The van der Waals surface area contributed by atoms with Gasteiger partial charge in [-0.3, -0.25) is 0 Å². The fourth-order valence-electron chi connectivity index (χ4n) is 4.74. The molecule has 1 aliphatic rings. The zero-order chi connectivity index (χ0) is 23.5. The molecule has 0 bridgehead atoms. The van der Waals surface area contributed by atoms with Gasteiger partial charge in [-0.2, -0.15) is 0 Å².